The van der Waals surface area contributed by atoms with E-state index in [1.165, 1.54) is 24.3 Å². The molecular weight excluding hydrogens is 518 g/mol. The third kappa shape index (κ3) is 4.16. The van der Waals surface area contributed by atoms with Gasteiger partial charge in [0.25, 0.3) is 5.60 Å². The van der Waals surface area contributed by atoms with E-state index in [4.69, 9.17) is 40.3 Å². The maximum atomic E-state index is 15.3. The van der Waals surface area contributed by atoms with Gasteiger partial charge in [-0.3, -0.25) is 0 Å². The third-order valence-electron chi connectivity index (χ3n) is 6.06. The summed E-state index contributed by atoms with van der Waals surface area (Å²) in [5.41, 5.74) is -4.20. The van der Waals surface area contributed by atoms with Crippen LogP contribution in [0.5, 0.6) is 0 Å². The molecule has 2 aromatic rings. The van der Waals surface area contributed by atoms with E-state index in [1.807, 2.05) is 13.8 Å². The van der Waals surface area contributed by atoms with Gasteiger partial charge in [-0.05, 0) is 23.3 Å². The van der Waals surface area contributed by atoms with Crippen molar-refractivity contribution >= 4 is 46.1 Å². The Labute approximate surface area is 208 Å². The average Bonchev–Trinajstić information content (AvgIpc) is 3.21. The molecule has 1 unspecified atom stereocenters. The number of rotatable bonds is 4. The molecule has 2 heterocycles. The van der Waals surface area contributed by atoms with Gasteiger partial charge in [0.2, 0.25) is 0 Å². The highest BCUT2D eigenvalue weighted by molar-refractivity contribution is 7.80. The minimum atomic E-state index is -4.91. The van der Waals surface area contributed by atoms with Crippen LogP contribution in [-0.2, 0) is 16.1 Å². The van der Waals surface area contributed by atoms with Gasteiger partial charge in [0, 0.05) is 17.9 Å². The molecule has 2 aliphatic rings. The highest BCUT2D eigenvalue weighted by Crippen LogP contribution is 2.50. The lowest BCUT2D eigenvalue weighted by Crippen LogP contribution is -2.59. The number of hydrogen-bond donors (Lipinski definition) is 0. The minimum Gasteiger partial charge on any atom is -0.374 e. The predicted molar refractivity (Wildman–Crippen MR) is 125 cm³/mol. The second kappa shape index (κ2) is 8.60. The molecule has 11 heteroatoms. The Morgan fingerprint density at radius 3 is 2.15 bits per heavy atom. The molecule has 1 atom stereocenters. The zero-order chi connectivity index (χ0) is 25.1. The zero-order valence-electron chi connectivity index (χ0n) is 18.0. The Bertz CT molecular complexity index is 1140. The molecule has 34 heavy (non-hydrogen) atoms. The number of nitrogens with zero attached hydrogens (tertiary/aromatic N) is 2. The van der Waals surface area contributed by atoms with Gasteiger partial charge >= 0.3 is 6.18 Å². The monoisotopic (exact) mass is 536 g/mol. The van der Waals surface area contributed by atoms with E-state index < -0.39 is 45.3 Å². The van der Waals surface area contributed by atoms with Gasteiger partial charge in [0.05, 0.1) is 33.8 Å². The maximum absolute atomic E-state index is 15.3. The molecule has 2 aliphatic heterocycles. The van der Waals surface area contributed by atoms with Crippen molar-refractivity contribution in [2.45, 2.75) is 37.7 Å². The fraction of sp³-hybridized carbons (Fsp3) is 0.391. The highest BCUT2D eigenvalue weighted by atomic mass is 35.5. The van der Waals surface area contributed by atoms with E-state index in [-0.39, 0.29) is 24.7 Å². The van der Waals surface area contributed by atoms with Crippen LogP contribution in [0.25, 0.3) is 0 Å². The van der Waals surface area contributed by atoms with Crippen LogP contribution in [0.4, 0.5) is 22.0 Å². The lowest BCUT2D eigenvalue weighted by atomic mass is 9.84. The maximum Gasteiger partial charge on any atom is 0.435 e. The largest absolute Gasteiger partial charge is 0.435 e. The van der Waals surface area contributed by atoms with Gasteiger partial charge in [-0.2, -0.15) is 13.2 Å². The second-order valence-corrected chi connectivity index (χ2v) is 10.0. The third-order valence-corrected chi connectivity index (χ3v) is 7.34. The van der Waals surface area contributed by atoms with Crippen molar-refractivity contribution in [1.82, 2.24) is 4.90 Å². The molecule has 0 N–H and O–H groups in total. The Morgan fingerprint density at radius 1 is 1.09 bits per heavy atom. The molecule has 0 saturated carbocycles. The topological polar surface area (TPSA) is 24.8 Å². The van der Waals surface area contributed by atoms with Crippen molar-refractivity contribution in [2.24, 2.45) is 11.1 Å². The van der Waals surface area contributed by atoms with Crippen molar-refractivity contribution in [1.29, 1.82) is 0 Å². The van der Waals surface area contributed by atoms with E-state index >= 15 is 4.39 Å². The Balaban J connectivity index is 1.56. The molecule has 4 rings (SSSR count). The standard InChI is InChI=1S/C23H19Cl2F5N2OS/c1-12(2)20(34)32-10-21(27,11-32)14-5-3-13(4-6-14)18-9-22(33-31-18,23(28,29)30)15-7-16(24)19(26)17(25)8-15/h3-8,12H,9-11H2,1-2H3. The van der Waals surface area contributed by atoms with Crippen LogP contribution in [0.1, 0.15) is 37.0 Å². The van der Waals surface area contributed by atoms with Crippen LogP contribution < -0.4 is 0 Å². The molecular formula is C23H19Cl2F5N2OS. The fourth-order valence-corrected chi connectivity index (χ4v) is 4.69. The number of likely N-dealkylation sites (tertiary alicyclic amines) is 1. The summed E-state index contributed by atoms with van der Waals surface area (Å²) < 4.78 is 71.5. The number of halogens is 7. The first-order valence-electron chi connectivity index (χ1n) is 10.3. The summed E-state index contributed by atoms with van der Waals surface area (Å²) >= 11 is 16.8. The van der Waals surface area contributed by atoms with Crippen LogP contribution in [0, 0.1) is 11.7 Å². The smallest absolute Gasteiger partial charge is 0.374 e. The van der Waals surface area contributed by atoms with Crippen molar-refractivity contribution in [3.63, 3.8) is 0 Å². The normalized spacial score (nSPS) is 21.8. The predicted octanol–water partition coefficient (Wildman–Crippen LogP) is 7.18. The number of hydrogen-bond acceptors (Lipinski definition) is 3. The fourth-order valence-electron chi connectivity index (χ4n) is 4.07. The quantitative estimate of drug-likeness (QED) is 0.235. The molecule has 0 aliphatic carbocycles. The first kappa shape index (κ1) is 25.1. The molecule has 0 bridgehead atoms. The molecule has 1 fully saturated rings. The van der Waals surface area contributed by atoms with Crippen LogP contribution >= 0.6 is 35.4 Å². The number of benzene rings is 2. The molecule has 2 aromatic carbocycles. The van der Waals surface area contributed by atoms with Crippen LogP contribution in [0.3, 0.4) is 0 Å². The molecule has 3 nitrogen and oxygen atoms in total. The SMILES string of the molecule is CC(C)C(=S)N1CC(F)(c2ccc(C3=NOC(c4cc(Cl)c(F)c(Cl)c4)(C(F)(F)F)C3)cc2)C1. The van der Waals surface area contributed by atoms with Crippen LogP contribution in [-0.4, -0.2) is 34.9 Å². The number of alkyl halides is 4. The summed E-state index contributed by atoms with van der Waals surface area (Å²) in [5.74, 6) is -0.898. The summed E-state index contributed by atoms with van der Waals surface area (Å²) in [7, 11) is 0. The van der Waals surface area contributed by atoms with Crippen molar-refractivity contribution in [3.05, 3.63) is 69.0 Å². The minimum absolute atomic E-state index is 0.00424. The first-order valence-corrected chi connectivity index (χ1v) is 11.5. The Kier molecular flexibility index (Phi) is 6.36. The van der Waals surface area contributed by atoms with E-state index in [0.29, 0.717) is 16.1 Å². The second-order valence-electron chi connectivity index (χ2n) is 8.78. The molecule has 182 valence electrons. The highest BCUT2D eigenvalue weighted by Gasteiger charge is 2.62. The van der Waals surface area contributed by atoms with Crippen LogP contribution in [0.15, 0.2) is 41.6 Å². The summed E-state index contributed by atoms with van der Waals surface area (Å²) in [6.45, 7) is 4.12. The average molecular weight is 537 g/mol. The molecule has 0 amide bonds. The van der Waals surface area contributed by atoms with Crippen molar-refractivity contribution < 1.29 is 26.8 Å². The van der Waals surface area contributed by atoms with E-state index in [2.05, 4.69) is 5.16 Å². The van der Waals surface area contributed by atoms with Gasteiger partial charge in [0.1, 0.15) is 0 Å². The summed E-state index contributed by atoms with van der Waals surface area (Å²) in [5, 5.41) is 2.54. The van der Waals surface area contributed by atoms with E-state index in [9.17, 15) is 17.6 Å². The van der Waals surface area contributed by atoms with Crippen LogP contribution in [0.2, 0.25) is 10.0 Å². The molecule has 0 spiro atoms. The van der Waals surface area contributed by atoms with Gasteiger partial charge in [-0.15, -0.1) is 0 Å². The Hall–Kier alpha value is -1.97. The van der Waals surface area contributed by atoms with Gasteiger partial charge < -0.3 is 9.74 Å². The zero-order valence-corrected chi connectivity index (χ0v) is 20.3. The van der Waals surface area contributed by atoms with E-state index in [1.54, 1.807) is 4.90 Å². The van der Waals surface area contributed by atoms with E-state index in [0.717, 1.165) is 12.1 Å². The number of thiocarbonyl (C=S) groups is 1. The van der Waals surface area contributed by atoms with Crippen molar-refractivity contribution in [2.75, 3.05) is 13.1 Å². The number of oxime groups is 1. The lowest BCUT2D eigenvalue weighted by molar-refractivity contribution is -0.275. The summed E-state index contributed by atoms with van der Waals surface area (Å²) in [6, 6.07) is 7.70. The lowest BCUT2D eigenvalue weighted by Gasteiger charge is -2.47. The van der Waals surface area contributed by atoms with Crippen molar-refractivity contribution in [3.8, 4) is 0 Å². The van der Waals surface area contributed by atoms with Gasteiger partial charge in [0.15, 0.2) is 11.5 Å². The molecule has 0 radical (unpaired) electrons. The van der Waals surface area contributed by atoms with Gasteiger partial charge in [-0.25, -0.2) is 8.78 Å². The summed E-state index contributed by atoms with van der Waals surface area (Å²) in [4.78, 5) is 7.41. The first-order chi connectivity index (χ1) is 15.8. The van der Waals surface area contributed by atoms with Gasteiger partial charge in [-0.1, -0.05) is 78.7 Å². The molecule has 0 aromatic heterocycles. The Morgan fingerprint density at radius 2 is 1.65 bits per heavy atom. The molecule has 1 saturated heterocycles. The summed E-state index contributed by atoms with van der Waals surface area (Å²) in [6.07, 6.45) is -5.60.